The van der Waals surface area contributed by atoms with Gasteiger partial charge < -0.3 is 5.32 Å². The molecule has 2 rings (SSSR count). The van der Waals surface area contributed by atoms with E-state index in [4.69, 9.17) is 0 Å². The predicted molar refractivity (Wildman–Crippen MR) is 78.0 cm³/mol. The van der Waals surface area contributed by atoms with Crippen molar-refractivity contribution in [3.63, 3.8) is 0 Å². The molecule has 0 saturated heterocycles. The van der Waals surface area contributed by atoms with Gasteiger partial charge in [0, 0.05) is 21.7 Å². The van der Waals surface area contributed by atoms with Crippen LogP contribution in [0.5, 0.6) is 0 Å². The molecule has 0 aliphatic heterocycles. The minimum absolute atomic E-state index is 0.225. The van der Waals surface area contributed by atoms with Crippen molar-refractivity contribution >= 4 is 32.7 Å². The zero-order valence-electron chi connectivity index (χ0n) is 10.6. The van der Waals surface area contributed by atoms with Crippen LogP contribution in [0.15, 0.2) is 21.9 Å². The molecule has 0 radical (unpaired) electrons. The highest BCUT2D eigenvalue weighted by Crippen LogP contribution is 2.25. The number of thiazole rings is 1. The van der Waals surface area contributed by atoms with Crippen LogP contribution in [0.25, 0.3) is 0 Å². The van der Waals surface area contributed by atoms with Gasteiger partial charge in [0.15, 0.2) is 0 Å². The van der Waals surface area contributed by atoms with Gasteiger partial charge >= 0.3 is 0 Å². The average molecular weight is 317 g/mol. The van der Waals surface area contributed by atoms with Crippen LogP contribution in [0, 0.1) is 6.92 Å². The Morgan fingerprint density at radius 2 is 2.16 bits per heavy atom. The molecule has 0 fully saturated rings. The van der Waals surface area contributed by atoms with Crippen LogP contribution in [0.3, 0.4) is 0 Å². The largest absolute Gasteiger partial charge is 0.315 e. The van der Waals surface area contributed by atoms with E-state index in [1.165, 1.54) is 22.7 Å². The Balaban J connectivity index is 2.14. The van der Waals surface area contributed by atoms with E-state index in [2.05, 4.69) is 15.0 Å². The zero-order chi connectivity index (χ0) is 13.9. The quantitative estimate of drug-likeness (QED) is 0.851. The van der Waals surface area contributed by atoms with E-state index in [0.29, 0.717) is 11.4 Å². The summed E-state index contributed by atoms with van der Waals surface area (Å²) in [6, 6.07) is 1.72. The zero-order valence-corrected chi connectivity index (χ0v) is 13.1. The molecule has 104 valence electrons. The van der Waals surface area contributed by atoms with Gasteiger partial charge in [-0.25, -0.2) is 18.1 Å². The number of hydrogen-bond donors (Lipinski definition) is 2. The average Bonchev–Trinajstić information content (AvgIpc) is 2.97. The number of aromatic nitrogens is 1. The molecule has 2 heterocycles. The molecule has 2 aromatic heterocycles. The number of nitrogens with one attached hydrogen (secondary N) is 2. The van der Waals surface area contributed by atoms with Crippen molar-refractivity contribution in [2.75, 3.05) is 7.05 Å². The second-order valence-electron chi connectivity index (χ2n) is 3.97. The van der Waals surface area contributed by atoms with Crippen LogP contribution in [0.1, 0.15) is 15.4 Å². The third-order valence-corrected chi connectivity index (χ3v) is 5.83. The number of thiophene rings is 1. The standard InChI is InChI=1S/C11H15N3O2S3/c1-8-11(3-10(18-8)5-12-2)19(15,16)14-4-9-6-17-7-13-9/h3,6-7,12,14H,4-5H2,1-2H3. The molecule has 0 bridgehead atoms. The highest BCUT2D eigenvalue weighted by Gasteiger charge is 2.19. The molecule has 19 heavy (non-hydrogen) atoms. The van der Waals surface area contributed by atoms with Crippen molar-refractivity contribution in [1.82, 2.24) is 15.0 Å². The summed E-state index contributed by atoms with van der Waals surface area (Å²) >= 11 is 2.94. The fourth-order valence-corrected chi connectivity index (χ4v) is 4.83. The van der Waals surface area contributed by atoms with Gasteiger partial charge in [0.05, 0.1) is 22.6 Å². The van der Waals surface area contributed by atoms with Crippen molar-refractivity contribution < 1.29 is 8.42 Å². The number of aryl methyl sites for hydroxylation is 1. The Bertz CT molecular complexity index is 632. The maximum atomic E-state index is 12.2. The van der Waals surface area contributed by atoms with Crippen LogP contribution in [-0.4, -0.2) is 20.4 Å². The van der Waals surface area contributed by atoms with Crippen LogP contribution >= 0.6 is 22.7 Å². The second-order valence-corrected chi connectivity index (χ2v) is 7.76. The van der Waals surface area contributed by atoms with Crippen molar-refractivity contribution in [2.45, 2.75) is 24.9 Å². The Morgan fingerprint density at radius 1 is 1.37 bits per heavy atom. The maximum Gasteiger partial charge on any atom is 0.242 e. The van der Waals surface area contributed by atoms with Crippen LogP contribution < -0.4 is 10.0 Å². The normalized spacial score (nSPS) is 11.9. The lowest BCUT2D eigenvalue weighted by atomic mass is 10.4. The summed E-state index contributed by atoms with van der Waals surface area (Å²) in [5.74, 6) is 0. The maximum absolute atomic E-state index is 12.2. The highest BCUT2D eigenvalue weighted by atomic mass is 32.2. The van der Waals surface area contributed by atoms with E-state index in [1.807, 2.05) is 19.4 Å². The fourth-order valence-electron chi connectivity index (χ4n) is 1.62. The monoisotopic (exact) mass is 317 g/mol. The lowest BCUT2D eigenvalue weighted by molar-refractivity contribution is 0.580. The van der Waals surface area contributed by atoms with E-state index >= 15 is 0 Å². The van der Waals surface area contributed by atoms with Gasteiger partial charge in [0.25, 0.3) is 0 Å². The first-order valence-corrected chi connectivity index (χ1v) is 8.88. The molecule has 0 saturated carbocycles. The van der Waals surface area contributed by atoms with Crippen LogP contribution in [-0.2, 0) is 23.1 Å². The molecule has 0 spiro atoms. The van der Waals surface area contributed by atoms with Crippen molar-refractivity contribution in [2.24, 2.45) is 0 Å². The van der Waals surface area contributed by atoms with Crippen molar-refractivity contribution in [3.8, 4) is 0 Å². The molecule has 2 aromatic rings. The van der Waals surface area contributed by atoms with Gasteiger partial charge in [-0.15, -0.1) is 22.7 Å². The van der Waals surface area contributed by atoms with Gasteiger partial charge in [-0.3, -0.25) is 0 Å². The summed E-state index contributed by atoms with van der Waals surface area (Å²) in [5, 5.41) is 4.85. The summed E-state index contributed by atoms with van der Waals surface area (Å²) in [5.41, 5.74) is 2.42. The molecule has 0 amide bonds. The first kappa shape index (κ1) is 14.6. The molecule has 0 unspecified atom stereocenters. The lowest BCUT2D eigenvalue weighted by Gasteiger charge is -2.04. The van der Waals surface area contributed by atoms with E-state index in [0.717, 1.165) is 15.4 Å². The van der Waals surface area contributed by atoms with Gasteiger partial charge in [0.1, 0.15) is 0 Å². The summed E-state index contributed by atoms with van der Waals surface area (Å²) in [6.45, 7) is 2.72. The molecule has 0 aliphatic rings. The van der Waals surface area contributed by atoms with E-state index < -0.39 is 10.0 Å². The molecule has 0 atom stereocenters. The summed E-state index contributed by atoms with van der Waals surface area (Å²) < 4.78 is 27.0. The minimum atomic E-state index is -3.47. The van der Waals surface area contributed by atoms with E-state index in [9.17, 15) is 8.42 Å². The smallest absolute Gasteiger partial charge is 0.242 e. The van der Waals surface area contributed by atoms with Crippen LogP contribution in [0.4, 0.5) is 0 Å². The first-order chi connectivity index (χ1) is 9.03. The van der Waals surface area contributed by atoms with Crippen molar-refractivity contribution in [3.05, 3.63) is 32.4 Å². The number of sulfonamides is 1. The minimum Gasteiger partial charge on any atom is -0.315 e. The van der Waals surface area contributed by atoms with Crippen LogP contribution in [0.2, 0.25) is 0 Å². The first-order valence-electron chi connectivity index (χ1n) is 5.63. The predicted octanol–water partition coefficient (Wildman–Crippen LogP) is 1.71. The Labute approximate surface area is 120 Å². The molecular formula is C11H15N3O2S3. The van der Waals surface area contributed by atoms with Gasteiger partial charge in [-0.2, -0.15) is 0 Å². The molecular weight excluding hydrogens is 302 g/mol. The molecule has 5 nitrogen and oxygen atoms in total. The summed E-state index contributed by atoms with van der Waals surface area (Å²) in [6.07, 6.45) is 0. The second kappa shape index (κ2) is 6.10. The van der Waals surface area contributed by atoms with E-state index in [-0.39, 0.29) is 6.54 Å². The third-order valence-electron chi connectivity index (χ3n) is 2.49. The fraction of sp³-hybridized carbons (Fsp3) is 0.364. The number of rotatable bonds is 6. The molecule has 8 heteroatoms. The van der Waals surface area contributed by atoms with Gasteiger partial charge in [0.2, 0.25) is 10.0 Å². The Kier molecular flexibility index (Phi) is 4.69. The summed E-state index contributed by atoms with van der Waals surface area (Å²) in [4.78, 5) is 6.22. The topological polar surface area (TPSA) is 71.1 Å². The Morgan fingerprint density at radius 3 is 2.79 bits per heavy atom. The Hall–Kier alpha value is -0.800. The molecule has 0 aliphatic carbocycles. The van der Waals surface area contributed by atoms with Crippen molar-refractivity contribution in [1.29, 1.82) is 0 Å². The SMILES string of the molecule is CNCc1cc(S(=O)(=O)NCc2cscn2)c(C)s1. The number of hydrogen-bond acceptors (Lipinski definition) is 6. The molecule has 2 N–H and O–H groups in total. The highest BCUT2D eigenvalue weighted by molar-refractivity contribution is 7.89. The third kappa shape index (κ3) is 3.61. The molecule has 0 aromatic carbocycles. The van der Waals surface area contributed by atoms with Gasteiger partial charge in [-0.1, -0.05) is 0 Å². The summed E-state index contributed by atoms with van der Waals surface area (Å²) in [7, 11) is -1.63. The number of nitrogens with zero attached hydrogens (tertiary/aromatic N) is 1. The lowest BCUT2D eigenvalue weighted by Crippen LogP contribution is -2.23. The van der Waals surface area contributed by atoms with Gasteiger partial charge in [-0.05, 0) is 20.0 Å². The van der Waals surface area contributed by atoms with E-state index in [1.54, 1.807) is 11.6 Å².